The SMILES string of the molecule is O=C(O/N=C1\CCSc2ccccc21)c1ccccc1. The molecule has 1 heterocycles. The van der Waals surface area contributed by atoms with Gasteiger partial charge in [0.25, 0.3) is 0 Å². The van der Waals surface area contributed by atoms with E-state index in [9.17, 15) is 4.79 Å². The maximum atomic E-state index is 11.9. The van der Waals surface area contributed by atoms with E-state index in [0.29, 0.717) is 5.56 Å². The highest BCUT2D eigenvalue weighted by molar-refractivity contribution is 7.99. The lowest BCUT2D eigenvalue weighted by atomic mass is 10.1. The minimum Gasteiger partial charge on any atom is -0.313 e. The van der Waals surface area contributed by atoms with Crippen molar-refractivity contribution >= 4 is 23.4 Å². The van der Waals surface area contributed by atoms with Crippen LogP contribution in [0.4, 0.5) is 0 Å². The van der Waals surface area contributed by atoms with Crippen molar-refractivity contribution in [2.45, 2.75) is 11.3 Å². The van der Waals surface area contributed by atoms with Crippen LogP contribution in [-0.2, 0) is 4.84 Å². The fourth-order valence-electron chi connectivity index (χ4n) is 2.04. The van der Waals surface area contributed by atoms with Gasteiger partial charge in [-0.1, -0.05) is 41.6 Å². The molecule has 0 saturated heterocycles. The predicted molar refractivity (Wildman–Crippen MR) is 80.2 cm³/mol. The largest absolute Gasteiger partial charge is 0.365 e. The van der Waals surface area contributed by atoms with Crippen LogP contribution in [0.15, 0.2) is 64.6 Å². The zero-order valence-electron chi connectivity index (χ0n) is 10.8. The van der Waals surface area contributed by atoms with E-state index in [1.54, 1.807) is 36.0 Å². The molecule has 3 nitrogen and oxygen atoms in total. The second-order valence-electron chi connectivity index (χ2n) is 4.38. The first kappa shape index (κ1) is 12.9. The molecule has 20 heavy (non-hydrogen) atoms. The number of oxime groups is 1. The molecule has 0 bridgehead atoms. The van der Waals surface area contributed by atoms with E-state index >= 15 is 0 Å². The number of benzene rings is 2. The van der Waals surface area contributed by atoms with Gasteiger partial charge < -0.3 is 4.84 Å². The van der Waals surface area contributed by atoms with Gasteiger partial charge in [0, 0.05) is 22.6 Å². The molecule has 0 aliphatic carbocycles. The molecule has 0 unspecified atom stereocenters. The maximum Gasteiger partial charge on any atom is 0.365 e. The minimum atomic E-state index is -0.422. The molecule has 0 spiro atoms. The molecule has 3 rings (SSSR count). The second-order valence-corrected chi connectivity index (χ2v) is 5.51. The summed E-state index contributed by atoms with van der Waals surface area (Å²) >= 11 is 1.80. The van der Waals surface area contributed by atoms with Crippen molar-refractivity contribution in [2.75, 3.05) is 5.75 Å². The third kappa shape index (κ3) is 2.75. The molecule has 0 amide bonds. The van der Waals surface area contributed by atoms with E-state index < -0.39 is 5.97 Å². The Hall–Kier alpha value is -2.07. The number of hydrogen-bond donors (Lipinski definition) is 0. The summed E-state index contributed by atoms with van der Waals surface area (Å²) in [5.41, 5.74) is 2.41. The molecular formula is C16H13NO2S. The van der Waals surface area contributed by atoms with E-state index in [1.807, 2.05) is 24.3 Å². The first-order valence-corrected chi connectivity index (χ1v) is 7.38. The van der Waals surface area contributed by atoms with E-state index in [-0.39, 0.29) is 0 Å². The first-order chi connectivity index (χ1) is 9.84. The Morgan fingerprint density at radius 1 is 1.05 bits per heavy atom. The van der Waals surface area contributed by atoms with Crippen molar-refractivity contribution in [3.8, 4) is 0 Å². The monoisotopic (exact) mass is 283 g/mol. The van der Waals surface area contributed by atoms with Crippen LogP contribution in [0.25, 0.3) is 0 Å². The molecule has 4 heteroatoms. The molecule has 0 fully saturated rings. The molecule has 1 aliphatic rings. The van der Waals surface area contributed by atoms with Crippen molar-refractivity contribution in [1.29, 1.82) is 0 Å². The number of rotatable bonds is 2. The van der Waals surface area contributed by atoms with Crippen LogP contribution in [0.3, 0.4) is 0 Å². The number of carbonyl (C=O) groups is 1. The smallest absolute Gasteiger partial charge is 0.313 e. The summed E-state index contributed by atoms with van der Waals surface area (Å²) in [5.74, 6) is 0.535. The van der Waals surface area contributed by atoms with Gasteiger partial charge in [0.05, 0.1) is 11.3 Å². The zero-order chi connectivity index (χ0) is 13.8. The standard InChI is InChI=1S/C16H13NO2S/c18-16(12-6-2-1-3-7-12)19-17-14-10-11-20-15-9-5-4-8-13(14)15/h1-9H,10-11H2/b17-14+. The van der Waals surface area contributed by atoms with Gasteiger partial charge in [0.2, 0.25) is 0 Å². The van der Waals surface area contributed by atoms with Gasteiger partial charge in [0.15, 0.2) is 0 Å². The van der Waals surface area contributed by atoms with Crippen LogP contribution in [-0.4, -0.2) is 17.4 Å². The number of hydrogen-bond acceptors (Lipinski definition) is 4. The average molecular weight is 283 g/mol. The normalized spacial score (nSPS) is 15.7. The Labute approximate surface area is 121 Å². The number of nitrogens with zero attached hydrogens (tertiary/aromatic N) is 1. The summed E-state index contributed by atoms with van der Waals surface area (Å²) in [7, 11) is 0. The minimum absolute atomic E-state index is 0.422. The number of fused-ring (bicyclic) bond motifs is 1. The van der Waals surface area contributed by atoms with E-state index in [2.05, 4.69) is 11.2 Å². The summed E-state index contributed by atoms with van der Waals surface area (Å²) < 4.78 is 0. The van der Waals surface area contributed by atoms with Gasteiger partial charge in [-0.15, -0.1) is 11.8 Å². The molecule has 0 saturated carbocycles. The summed E-state index contributed by atoms with van der Waals surface area (Å²) in [5, 5.41) is 4.05. The molecular weight excluding hydrogens is 270 g/mol. The van der Waals surface area contributed by atoms with Crippen LogP contribution in [0, 0.1) is 0 Å². The average Bonchev–Trinajstić information content (AvgIpc) is 2.53. The molecule has 2 aromatic carbocycles. The summed E-state index contributed by atoms with van der Waals surface area (Å²) in [6.45, 7) is 0. The molecule has 100 valence electrons. The zero-order valence-corrected chi connectivity index (χ0v) is 11.6. The van der Waals surface area contributed by atoms with Gasteiger partial charge in [0.1, 0.15) is 0 Å². The first-order valence-electron chi connectivity index (χ1n) is 6.40. The van der Waals surface area contributed by atoms with Crippen LogP contribution < -0.4 is 0 Å². The van der Waals surface area contributed by atoms with Crippen molar-refractivity contribution in [2.24, 2.45) is 5.16 Å². The maximum absolute atomic E-state index is 11.9. The third-order valence-electron chi connectivity index (χ3n) is 3.04. The summed E-state index contributed by atoms with van der Waals surface area (Å²) in [4.78, 5) is 18.1. The molecule has 1 aliphatic heterocycles. The molecule has 2 aromatic rings. The molecule has 0 atom stereocenters. The van der Waals surface area contributed by atoms with Crippen molar-refractivity contribution in [3.63, 3.8) is 0 Å². The van der Waals surface area contributed by atoms with E-state index in [4.69, 9.17) is 4.84 Å². The molecule has 0 radical (unpaired) electrons. The lowest BCUT2D eigenvalue weighted by Crippen LogP contribution is -2.11. The predicted octanol–water partition coefficient (Wildman–Crippen LogP) is 3.74. The Kier molecular flexibility index (Phi) is 3.83. The summed E-state index contributed by atoms with van der Waals surface area (Å²) in [6, 6.07) is 16.9. The van der Waals surface area contributed by atoms with Gasteiger partial charge >= 0.3 is 5.97 Å². The van der Waals surface area contributed by atoms with E-state index in [0.717, 1.165) is 23.4 Å². The highest BCUT2D eigenvalue weighted by Gasteiger charge is 2.16. The summed E-state index contributed by atoms with van der Waals surface area (Å²) in [6.07, 6.45) is 0.809. The highest BCUT2D eigenvalue weighted by atomic mass is 32.2. The van der Waals surface area contributed by atoms with Crippen molar-refractivity contribution < 1.29 is 9.63 Å². The topological polar surface area (TPSA) is 38.7 Å². The quantitative estimate of drug-likeness (QED) is 0.622. The fraction of sp³-hybridized carbons (Fsp3) is 0.125. The lowest BCUT2D eigenvalue weighted by Gasteiger charge is -2.16. The van der Waals surface area contributed by atoms with Gasteiger partial charge in [-0.2, -0.15) is 0 Å². The molecule has 0 aromatic heterocycles. The van der Waals surface area contributed by atoms with Crippen molar-refractivity contribution in [3.05, 3.63) is 65.7 Å². The van der Waals surface area contributed by atoms with Crippen LogP contribution in [0.5, 0.6) is 0 Å². The van der Waals surface area contributed by atoms with Crippen molar-refractivity contribution in [1.82, 2.24) is 0 Å². The highest BCUT2D eigenvalue weighted by Crippen LogP contribution is 2.30. The second kappa shape index (κ2) is 5.92. The Bertz CT molecular complexity index is 653. The van der Waals surface area contributed by atoms with Gasteiger partial charge in [-0.3, -0.25) is 0 Å². The van der Waals surface area contributed by atoms with E-state index in [1.165, 1.54) is 4.90 Å². The lowest BCUT2D eigenvalue weighted by molar-refractivity contribution is 0.0516. The Morgan fingerprint density at radius 3 is 2.65 bits per heavy atom. The Morgan fingerprint density at radius 2 is 1.80 bits per heavy atom. The van der Waals surface area contributed by atoms with Gasteiger partial charge in [-0.25, -0.2) is 4.79 Å². The Balaban J connectivity index is 1.79. The van der Waals surface area contributed by atoms with Gasteiger partial charge in [-0.05, 0) is 18.2 Å². The van der Waals surface area contributed by atoms with Crippen LogP contribution >= 0.6 is 11.8 Å². The third-order valence-corrected chi connectivity index (χ3v) is 4.12. The van der Waals surface area contributed by atoms with Crippen LogP contribution in [0.1, 0.15) is 22.3 Å². The number of carbonyl (C=O) groups excluding carboxylic acids is 1. The van der Waals surface area contributed by atoms with Crippen LogP contribution in [0.2, 0.25) is 0 Å². The fourth-order valence-corrected chi connectivity index (χ4v) is 3.07. The molecule has 0 N–H and O–H groups in total. The number of thioether (sulfide) groups is 1.